The van der Waals surface area contributed by atoms with E-state index in [4.69, 9.17) is 20.8 Å². The number of rotatable bonds is 7. The summed E-state index contributed by atoms with van der Waals surface area (Å²) in [5.74, 6) is -0.239. The predicted octanol–water partition coefficient (Wildman–Crippen LogP) is 5.15. The first kappa shape index (κ1) is 20.2. The van der Waals surface area contributed by atoms with Gasteiger partial charge >= 0.3 is 5.91 Å². The minimum Gasteiger partial charge on any atom is -0.451 e. The Balaban J connectivity index is 1.55. The molecule has 0 atom stereocenters. The van der Waals surface area contributed by atoms with Crippen molar-refractivity contribution in [2.45, 2.75) is 20.4 Å². The monoisotopic (exact) mass is 423 g/mol. The lowest BCUT2D eigenvalue weighted by Gasteiger charge is -2.08. The number of para-hydroxylation sites is 1. The number of hydrazone groups is 1. The fraction of sp³-hybridized carbons (Fsp3) is 0.217. The highest BCUT2D eigenvalue weighted by Crippen LogP contribution is 2.25. The summed E-state index contributed by atoms with van der Waals surface area (Å²) in [7, 11) is 0. The van der Waals surface area contributed by atoms with Gasteiger partial charge in [-0.25, -0.2) is 5.43 Å². The highest BCUT2D eigenvalue weighted by Gasteiger charge is 2.14. The molecule has 4 rings (SSSR count). The number of nitrogens with one attached hydrogen (secondary N) is 1. The molecule has 0 saturated heterocycles. The average molecular weight is 424 g/mol. The Morgan fingerprint density at radius 1 is 1.27 bits per heavy atom. The fourth-order valence-corrected chi connectivity index (χ4v) is 3.73. The maximum Gasteiger partial charge on any atom is 0.307 e. The minimum absolute atomic E-state index is 0.181. The van der Waals surface area contributed by atoms with Crippen molar-refractivity contribution < 1.29 is 13.9 Å². The maximum absolute atomic E-state index is 12.4. The van der Waals surface area contributed by atoms with Gasteiger partial charge in [0.1, 0.15) is 5.58 Å². The normalized spacial score (nSPS) is 11.7. The Labute approximate surface area is 179 Å². The van der Waals surface area contributed by atoms with E-state index >= 15 is 0 Å². The molecule has 2 heterocycles. The molecule has 2 aromatic heterocycles. The second-order valence-electron chi connectivity index (χ2n) is 6.86. The van der Waals surface area contributed by atoms with E-state index in [2.05, 4.69) is 21.2 Å². The molecule has 0 aliphatic rings. The molecule has 0 radical (unpaired) electrons. The molecular weight excluding hydrogens is 402 g/mol. The number of ether oxygens (including phenoxy) is 1. The lowest BCUT2D eigenvalue weighted by molar-refractivity contribution is 0.0929. The quantitative estimate of drug-likeness (QED) is 0.254. The summed E-state index contributed by atoms with van der Waals surface area (Å²) in [4.78, 5) is 12.4. The summed E-state index contributed by atoms with van der Waals surface area (Å²) in [5.41, 5.74) is 6.27. The van der Waals surface area contributed by atoms with Crippen LogP contribution in [0.1, 0.15) is 28.7 Å². The number of carbonyl (C=O) groups is 1. The zero-order valence-corrected chi connectivity index (χ0v) is 17.6. The van der Waals surface area contributed by atoms with Crippen molar-refractivity contribution in [1.82, 2.24) is 9.99 Å². The number of hydrogen-bond acceptors (Lipinski definition) is 4. The number of fused-ring (bicyclic) bond motifs is 2. The van der Waals surface area contributed by atoms with Crippen molar-refractivity contribution in [3.8, 4) is 0 Å². The van der Waals surface area contributed by atoms with Crippen LogP contribution in [0.3, 0.4) is 0 Å². The standard InChI is InChI=1S/C23H22ClN3O3/c1-3-29-11-10-27-15(2)19(18-6-4-5-7-20(18)27)14-25-26-23(28)22-13-16-12-17(24)8-9-21(16)30-22/h4-9,12-14H,3,10-11H2,1-2H3,(H,26,28)/b25-14+. The molecule has 7 heteroatoms. The molecule has 1 amide bonds. The number of furan rings is 1. The lowest BCUT2D eigenvalue weighted by atomic mass is 10.1. The molecule has 0 unspecified atom stereocenters. The summed E-state index contributed by atoms with van der Waals surface area (Å²) >= 11 is 5.99. The van der Waals surface area contributed by atoms with Crippen molar-refractivity contribution in [1.29, 1.82) is 0 Å². The van der Waals surface area contributed by atoms with E-state index in [1.165, 1.54) is 0 Å². The topological polar surface area (TPSA) is 68.8 Å². The van der Waals surface area contributed by atoms with Crippen LogP contribution in [-0.2, 0) is 11.3 Å². The lowest BCUT2D eigenvalue weighted by Crippen LogP contribution is -2.16. The smallest absolute Gasteiger partial charge is 0.307 e. The Hall–Kier alpha value is -3.09. The first-order valence-corrected chi connectivity index (χ1v) is 10.1. The molecule has 154 valence electrons. The summed E-state index contributed by atoms with van der Waals surface area (Å²) in [6, 6.07) is 15.0. The SMILES string of the molecule is CCOCCn1c(C)c(/C=N/NC(=O)c2cc3cc(Cl)ccc3o2)c2ccccc21. The number of hydrogen-bond donors (Lipinski definition) is 1. The van der Waals surface area contributed by atoms with Gasteiger partial charge in [-0.2, -0.15) is 5.10 Å². The Morgan fingerprint density at radius 3 is 2.93 bits per heavy atom. The van der Waals surface area contributed by atoms with Gasteiger partial charge in [0.25, 0.3) is 0 Å². The van der Waals surface area contributed by atoms with Gasteiger partial charge in [-0.15, -0.1) is 0 Å². The number of carbonyl (C=O) groups excluding carboxylic acids is 1. The van der Waals surface area contributed by atoms with Crippen LogP contribution in [-0.4, -0.2) is 29.9 Å². The van der Waals surface area contributed by atoms with Crippen molar-refractivity contribution in [3.63, 3.8) is 0 Å². The number of aromatic nitrogens is 1. The van der Waals surface area contributed by atoms with Gasteiger partial charge in [0.2, 0.25) is 0 Å². The highest BCUT2D eigenvalue weighted by molar-refractivity contribution is 6.31. The van der Waals surface area contributed by atoms with Crippen molar-refractivity contribution in [3.05, 3.63) is 70.6 Å². The number of nitrogens with zero attached hydrogens (tertiary/aromatic N) is 2. The van der Waals surface area contributed by atoms with Gasteiger partial charge < -0.3 is 13.7 Å². The molecule has 6 nitrogen and oxygen atoms in total. The van der Waals surface area contributed by atoms with E-state index in [9.17, 15) is 4.79 Å². The van der Waals surface area contributed by atoms with Gasteiger partial charge in [-0.3, -0.25) is 4.79 Å². The second kappa shape index (κ2) is 8.73. The highest BCUT2D eigenvalue weighted by atomic mass is 35.5. The fourth-order valence-electron chi connectivity index (χ4n) is 3.55. The van der Waals surface area contributed by atoms with E-state index in [0.717, 1.165) is 34.1 Å². The van der Waals surface area contributed by atoms with Crippen LogP contribution in [0.4, 0.5) is 0 Å². The van der Waals surface area contributed by atoms with Crippen LogP contribution in [0.5, 0.6) is 0 Å². The molecule has 0 aliphatic carbocycles. The molecule has 0 saturated carbocycles. The van der Waals surface area contributed by atoms with Crippen LogP contribution in [0.15, 0.2) is 58.0 Å². The van der Waals surface area contributed by atoms with Gasteiger partial charge in [-0.05, 0) is 44.2 Å². The molecule has 2 aromatic carbocycles. The van der Waals surface area contributed by atoms with Crippen molar-refractivity contribution in [2.24, 2.45) is 5.10 Å². The van der Waals surface area contributed by atoms with Gasteiger partial charge in [0.15, 0.2) is 5.76 Å². The molecule has 1 N–H and O–H groups in total. The average Bonchev–Trinajstić information content (AvgIpc) is 3.28. The van der Waals surface area contributed by atoms with E-state index in [1.54, 1.807) is 30.5 Å². The van der Waals surface area contributed by atoms with Crippen LogP contribution in [0.25, 0.3) is 21.9 Å². The Kier molecular flexibility index (Phi) is 5.88. The van der Waals surface area contributed by atoms with Crippen molar-refractivity contribution >= 4 is 45.6 Å². The van der Waals surface area contributed by atoms with Gasteiger partial charge in [-0.1, -0.05) is 29.8 Å². The molecule has 0 aliphatic heterocycles. The van der Waals surface area contributed by atoms with E-state index < -0.39 is 5.91 Å². The number of halogens is 1. The van der Waals surface area contributed by atoms with Crippen LogP contribution < -0.4 is 5.43 Å². The van der Waals surface area contributed by atoms with E-state index in [-0.39, 0.29) is 5.76 Å². The summed E-state index contributed by atoms with van der Waals surface area (Å²) < 4.78 is 13.3. The molecule has 0 spiro atoms. The van der Waals surface area contributed by atoms with Crippen molar-refractivity contribution in [2.75, 3.05) is 13.2 Å². The Bertz CT molecular complexity index is 1240. The third kappa shape index (κ3) is 3.97. The van der Waals surface area contributed by atoms with E-state index in [0.29, 0.717) is 23.8 Å². The second-order valence-corrected chi connectivity index (χ2v) is 7.29. The third-order valence-corrected chi connectivity index (χ3v) is 5.24. The summed E-state index contributed by atoms with van der Waals surface area (Å²) in [6.07, 6.45) is 1.67. The molecular formula is C23H22ClN3O3. The Morgan fingerprint density at radius 2 is 2.10 bits per heavy atom. The predicted molar refractivity (Wildman–Crippen MR) is 119 cm³/mol. The summed E-state index contributed by atoms with van der Waals surface area (Å²) in [6.45, 7) is 6.10. The molecule has 30 heavy (non-hydrogen) atoms. The molecule has 0 fully saturated rings. The van der Waals surface area contributed by atoms with Crippen LogP contribution in [0, 0.1) is 6.92 Å². The van der Waals surface area contributed by atoms with Gasteiger partial charge in [0.05, 0.1) is 12.8 Å². The first-order chi connectivity index (χ1) is 14.6. The van der Waals surface area contributed by atoms with E-state index in [1.807, 2.05) is 32.0 Å². The minimum atomic E-state index is -0.420. The number of benzene rings is 2. The maximum atomic E-state index is 12.4. The summed E-state index contributed by atoms with van der Waals surface area (Å²) in [5, 5.41) is 6.60. The molecule has 0 bridgehead atoms. The zero-order chi connectivity index (χ0) is 21.1. The van der Waals surface area contributed by atoms with Crippen LogP contribution in [0.2, 0.25) is 5.02 Å². The largest absolute Gasteiger partial charge is 0.451 e. The molecule has 4 aromatic rings. The number of amides is 1. The first-order valence-electron chi connectivity index (χ1n) is 9.76. The van der Waals surface area contributed by atoms with Gasteiger partial charge in [0, 0.05) is 45.7 Å². The zero-order valence-electron chi connectivity index (χ0n) is 16.8. The third-order valence-electron chi connectivity index (χ3n) is 5.00. The van der Waals surface area contributed by atoms with Crippen LogP contribution >= 0.6 is 11.6 Å².